The van der Waals surface area contributed by atoms with Gasteiger partial charge in [-0.2, -0.15) is 10.0 Å². The summed E-state index contributed by atoms with van der Waals surface area (Å²) in [7, 11) is 7.17. The molecular formula is C42H36AlBr2ClN2O2. The van der Waals surface area contributed by atoms with Crippen LogP contribution in [0.5, 0.6) is 11.5 Å². The first-order valence-electron chi connectivity index (χ1n) is 16.6. The molecule has 1 heterocycles. The van der Waals surface area contributed by atoms with Gasteiger partial charge >= 0.3 is 13.9 Å². The highest BCUT2D eigenvalue weighted by atomic mass is 79.9. The summed E-state index contributed by atoms with van der Waals surface area (Å²) in [6.45, 7) is 13.0. The summed E-state index contributed by atoms with van der Waals surface area (Å²) >= 11 is 4.66. The molecule has 7 rings (SSSR count). The molecular weight excluding hydrogens is 787 g/mol. The zero-order chi connectivity index (χ0) is 35.4. The highest BCUT2D eigenvalue weighted by Gasteiger charge is 2.37. The van der Waals surface area contributed by atoms with Gasteiger partial charge in [0.1, 0.15) is 0 Å². The predicted molar refractivity (Wildman–Crippen MR) is 220 cm³/mol. The van der Waals surface area contributed by atoms with E-state index in [1.165, 1.54) is 0 Å². The molecule has 0 saturated carbocycles. The van der Waals surface area contributed by atoms with Crippen LogP contribution < -0.4 is 7.58 Å². The van der Waals surface area contributed by atoms with E-state index in [2.05, 4.69) is 158 Å². The van der Waals surface area contributed by atoms with Crippen LogP contribution in [0, 0.1) is 0 Å². The normalized spacial score (nSPS) is 13.4. The van der Waals surface area contributed by atoms with Gasteiger partial charge in [-0.05, 0) is 79.9 Å². The molecule has 0 N–H and O–H groups in total. The molecule has 0 radical (unpaired) electrons. The Morgan fingerprint density at radius 1 is 0.560 bits per heavy atom. The SMILES string of the molecule is CC(C)(C)c1cc(Br)cc2c1[O][Al]([Cl])[O]c1c(cc(Br)cc1C(C)(C)C)C=Nc1ccc3ccccc3c1-c1c(ccc3ccccc13)N=C2. The molecule has 0 bridgehead atoms. The zero-order valence-electron chi connectivity index (χ0n) is 28.8. The molecule has 4 nitrogen and oxygen atoms in total. The number of fused-ring (bicyclic) bond motifs is 9. The molecule has 0 amide bonds. The van der Waals surface area contributed by atoms with Gasteiger partial charge in [-0.15, -0.1) is 0 Å². The second-order valence-electron chi connectivity index (χ2n) is 14.6. The highest BCUT2D eigenvalue weighted by Crippen LogP contribution is 2.47. The Kier molecular flexibility index (Phi) is 9.52. The maximum Gasteiger partial charge on any atom is 0.999 e. The topological polar surface area (TPSA) is 43.2 Å². The van der Waals surface area contributed by atoms with E-state index in [4.69, 9.17) is 27.6 Å². The largest absolute Gasteiger partial charge is 0.999 e. The van der Waals surface area contributed by atoms with Gasteiger partial charge in [0.25, 0.3) is 0 Å². The molecule has 0 spiro atoms. The quantitative estimate of drug-likeness (QED) is 0.143. The van der Waals surface area contributed by atoms with Crippen molar-refractivity contribution in [2.24, 2.45) is 9.98 Å². The first-order chi connectivity index (χ1) is 23.8. The van der Waals surface area contributed by atoms with Crippen molar-refractivity contribution in [2.45, 2.75) is 52.4 Å². The van der Waals surface area contributed by atoms with Crippen molar-refractivity contribution in [2.75, 3.05) is 0 Å². The monoisotopic (exact) mass is 820 g/mol. The van der Waals surface area contributed by atoms with E-state index in [0.717, 1.165) is 75.2 Å². The number of nitrogens with zero attached hydrogens (tertiary/aromatic N) is 2. The van der Waals surface area contributed by atoms with Crippen LogP contribution >= 0.6 is 41.9 Å². The smallest absolute Gasteiger partial charge is 0.599 e. The van der Waals surface area contributed by atoms with Crippen molar-refractivity contribution in [3.63, 3.8) is 0 Å². The fraction of sp³-hybridized carbons (Fsp3) is 0.190. The third kappa shape index (κ3) is 6.92. The molecule has 8 heteroatoms. The van der Waals surface area contributed by atoms with Crippen LogP contribution in [0.3, 0.4) is 0 Å². The molecule has 0 fully saturated rings. The van der Waals surface area contributed by atoms with E-state index in [-0.39, 0.29) is 10.8 Å². The van der Waals surface area contributed by atoms with Crippen LogP contribution in [0.2, 0.25) is 0 Å². The van der Waals surface area contributed by atoms with Crippen molar-refractivity contribution in [3.05, 3.63) is 128 Å². The number of hydrogen-bond acceptors (Lipinski definition) is 4. The number of hydrogen-bond donors (Lipinski definition) is 0. The first-order valence-corrected chi connectivity index (χ1v) is 20.8. The predicted octanol–water partition coefficient (Wildman–Crippen LogP) is 13.3. The Morgan fingerprint density at radius 3 is 1.36 bits per heavy atom. The van der Waals surface area contributed by atoms with Gasteiger partial charge in [-0.25, -0.2) is 0 Å². The lowest BCUT2D eigenvalue weighted by molar-refractivity contribution is 0.424. The minimum absolute atomic E-state index is 0.256. The van der Waals surface area contributed by atoms with Crippen LogP contribution in [-0.4, -0.2) is 26.3 Å². The van der Waals surface area contributed by atoms with Gasteiger partial charge in [0.15, 0.2) is 0 Å². The van der Waals surface area contributed by atoms with E-state index in [0.29, 0.717) is 11.5 Å². The van der Waals surface area contributed by atoms with E-state index in [1.54, 1.807) is 0 Å². The lowest BCUT2D eigenvalue weighted by atomic mass is 9.85. The Labute approximate surface area is 319 Å². The third-order valence-electron chi connectivity index (χ3n) is 8.95. The molecule has 0 unspecified atom stereocenters. The van der Waals surface area contributed by atoms with Crippen LogP contribution in [0.25, 0.3) is 32.7 Å². The van der Waals surface area contributed by atoms with Crippen LogP contribution in [0.1, 0.15) is 63.8 Å². The van der Waals surface area contributed by atoms with Crippen LogP contribution in [0.4, 0.5) is 11.4 Å². The lowest BCUT2D eigenvalue weighted by Crippen LogP contribution is -2.28. The van der Waals surface area contributed by atoms with Gasteiger partial charge in [0.05, 0.1) is 22.9 Å². The van der Waals surface area contributed by atoms with Gasteiger partial charge < -0.3 is 7.58 Å². The number of benzene rings is 6. The second kappa shape index (κ2) is 13.6. The lowest BCUT2D eigenvalue weighted by Gasteiger charge is -2.28. The maximum absolute atomic E-state index is 7.17. The van der Waals surface area contributed by atoms with Gasteiger partial charge in [0.2, 0.25) is 0 Å². The van der Waals surface area contributed by atoms with Crippen molar-refractivity contribution in [1.29, 1.82) is 0 Å². The molecule has 0 atom stereocenters. The van der Waals surface area contributed by atoms with Crippen LogP contribution in [0.15, 0.2) is 116 Å². The summed E-state index contributed by atoms with van der Waals surface area (Å²) in [5, 5.41) is 4.43. The molecule has 1 aliphatic heterocycles. The summed E-state index contributed by atoms with van der Waals surface area (Å²) in [5.74, 6) is 1.34. The van der Waals surface area contributed by atoms with Gasteiger partial charge in [0, 0.05) is 43.6 Å². The molecule has 6 aromatic carbocycles. The minimum Gasteiger partial charge on any atom is -0.599 e. The van der Waals surface area contributed by atoms with Gasteiger partial charge in [-0.3, -0.25) is 9.98 Å². The van der Waals surface area contributed by atoms with Crippen LogP contribution in [-0.2, 0) is 10.8 Å². The average Bonchev–Trinajstić information content (AvgIpc) is 3.06. The van der Waals surface area contributed by atoms with Crippen molar-refractivity contribution in [3.8, 4) is 22.6 Å². The summed E-state index contributed by atoms with van der Waals surface area (Å²) in [6, 6.07) is 33.6. The third-order valence-corrected chi connectivity index (χ3v) is 11.2. The van der Waals surface area contributed by atoms with Gasteiger partial charge in [-0.1, -0.05) is 134 Å². The highest BCUT2D eigenvalue weighted by molar-refractivity contribution is 9.10. The molecule has 50 heavy (non-hydrogen) atoms. The average molecular weight is 823 g/mol. The van der Waals surface area contributed by atoms with E-state index in [9.17, 15) is 0 Å². The number of aliphatic imine (C=N–C) groups is 2. The Bertz CT molecular complexity index is 2190. The number of halogens is 3. The molecule has 0 aromatic heterocycles. The zero-order valence-corrected chi connectivity index (χ0v) is 33.9. The second-order valence-corrected chi connectivity index (χ2v) is 18.6. The summed E-state index contributed by atoms with van der Waals surface area (Å²) < 4.78 is 15.3. The van der Waals surface area contributed by atoms with Crippen molar-refractivity contribution in [1.82, 2.24) is 0 Å². The fourth-order valence-electron chi connectivity index (χ4n) is 6.55. The van der Waals surface area contributed by atoms with E-state index in [1.807, 2.05) is 24.6 Å². The van der Waals surface area contributed by atoms with E-state index < -0.39 is 13.9 Å². The molecule has 0 aliphatic carbocycles. The molecule has 0 saturated heterocycles. The summed E-state index contributed by atoms with van der Waals surface area (Å²) in [6.07, 6.45) is 3.78. The molecule has 6 aromatic rings. The minimum atomic E-state index is -2.88. The van der Waals surface area contributed by atoms with E-state index >= 15 is 0 Å². The number of rotatable bonds is 0. The van der Waals surface area contributed by atoms with Crippen molar-refractivity contribution >= 4 is 101 Å². The van der Waals surface area contributed by atoms with Crippen molar-refractivity contribution < 1.29 is 7.58 Å². The Balaban J connectivity index is 1.62. The molecule has 1 aliphatic rings. The summed E-state index contributed by atoms with van der Waals surface area (Å²) in [5.41, 5.74) is 6.78. The molecule has 250 valence electrons. The fourth-order valence-corrected chi connectivity index (χ4v) is 8.98. The Hall–Kier alpha value is -3.44. The standard InChI is InChI=1S/C42H38Br2N2O2.Al.ClH/c1-41(2,3)33-21-29(43)19-27(39(33)47)23-45-35-17-15-25-11-7-9-13-31(25)37(35)38-32-14-10-8-12-26(32)16-18-36(38)46-24-28-20-30(44)22-34(40(28)48)42(4,5)6;;/h7-24,47-48H,1-6H3;;1H/q;+3;/p-3. The maximum atomic E-state index is 7.17. The summed E-state index contributed by atoms with van der Waals surface area (Å²) in [4.78, 5) is 10.5. The Morgan fingerprint density at radius 2 is 0.960 bits per heavy atom. The first kappa shape index (κ1) is 35.0.